The zero-order chi connectivity index (χ0) is 14.6. The zero-order valence-electron chi connectivity index (χ0n) is 12.7. The Morgan fingerprint density at radius 3 is 2.48 bits per heavy atom. The van der Waals surface area contributed by atoms with Gasteiger partial charge in [0.2, 0.25) is 0 Å². The van der Waals surface area contributed by atoms with Gasteiger partial charge < -0.3 is 15.4 Å². The molecule has 1 rings (SSSR count). The Balaban J connectivity index is 0.00000400. The summed E-state index contributed by atoms with van der Waals surface area (Å²) in [7, 11) is 1.78. The van der Waals surface area contributed by atoms with Gasteiger partial charge in [-0.2, -0.15) is 0 Å². The third-order valence-electron chi connectivity index (χ3n) is 2.72. The minimum atomic E-state index is 0. The molecule has 0 bridgehead atoms. The van der Waals surface area contributed by atoms with Crippen LogP contribution >= 0.6 is 24.0 Å². The number of aliphatic imine (C=N–C) groups is 1. The minimum absolute atomic E-state index is 0. The van der Waals surface area contributed by atoms with Crippen LogP contribution in [0.2, 0.25) is 0 Å². The maximum Gasteiger partial charge on any atom is 0.190 e. The van der Waals surface area contributed by atoms with Crippen LogP contribution in [0.1, 0.15) is 18.9 Å². The first-order valence-corrected chi connectivity index (χ1v) is 6.89. The molecule has 0 radical (unpaired) electrons. The third kappa shape index (κ3) is 8.45. The quantitative estimate of drug-likeness (QED) is 0.319. The topological polar surface area (TPSA) is 45.6 Å². The molecule has 1 aromatic rings. The summed E-state index contributed by atoms with van der Waals surface area (Å²) in [6.45, 7) is 4.21. The molecule has 21 heavy (non-hydrogen) atoms. The van der Waals surface area contributed by atoms with E-state index in [4.69, 9.17) is 11.2 Å². The lowest BCUT2D eigenvalue weighted by Gasteiger charge is -2.11. The van der Waals surface area contributed by atoms with E-state index in [0.717, 1.165) is 37.6 Å². The monoisotopic (exact) mass is 401 g/mol. The maximum atomic E-state index is 5.33. The Labute approximate surface area is 144 Å². The molecule has 0 heterocycles. The number of nitrogens with one attached hydrogen (secondary N) is 2. The molecule has 2 N–H and O–H groups in total. The van der Waals surface area contributed by atoms with Crippen molar-refractivity contribution in [3.8, 4) is 18.1 Å². The normalized spacial score (nSPS) is 10.2. The second-order valence-electron chi connectivity index (χ2n) is 4.31. The Morgan fingerprint density at radius 2 is 1.90 bits per heavy atom. The Hall–Kier alpha value is -1.42. The zero-order valence-corrected chi connectivity index (χ0v) is 15.0. The highest BCUT2D eigenvalue weighted by molar-refractivity contribution is 14.0. The molecule has 0 saturated carbocycles. The van der Waals surface area contributed by atoms with Crippen molar-refractivity contribution in [3.63, 3.8) is 0 Å². The van der Waals surface area contributed by atoms with Gasteiger partial charge in [0, 0.05) is 20.1 Å². The van der Waals surface area contributed by atoms with Crippen molar-refractivity contribution in [2.45, 2.75) is 19.8 Å². The average Bonchev–Trinajstić information content (AvgIpc) is 2.49. The van der Waals surface area contributed by atoms with Crippen LogP contribution in [0, 0.1) is 12.3 Å². The van der Waals surface area contributed by atoms with E-state index in [9.17, 15) is 0 Å². The lowest BCUT2D eigenvalue weighted by Crippen LogP contribution is -2.38. The Bertz CT molecular complexity index is 452. The van der Waals surface area contributed by atoms with Gasteiger partial charge in [0.25, 0.3) is 0 Å². The second kappa shape index (κ2) is 12.3. The number of halogens is 1. The highest BCUT2D eigenvalue weighted by atomic mass is 127. The van der Waals surface area contributed by atoms with Crippen LogP contribution in [-0.4, -0.2) is 32.7 Å². The van der Waals surface area contributed by atoms with E-state index in [1.54, 1.807) is 7.05 Å². The maximum absolute atomic E-state index is 5.33. The number of hydrogen-bond acceptors (Lipinski definition) is 2. The molecule has 0 spiro atoms. The fourth-order valence-corrected chi connectivity index (χ4v) is 1.67. The molecule has 0 aromatic heterocycles. The molecule has 0 atom stereocenters. The summed E-state index contributed by atoms with van der Waals surface area (Å²) >= 11 is 0. The lowest BCUT2D eigenvalue weighted by atomic mass is 10.1. The molecule has 0 unspecified atom stereocenters. The molecule has 4 nitrogen and oxygen atoms in total. The number of terminal acetylenes is 1. The van der Waals surface area contributed by atoms with Gasteiger partial charge in [0.15, 0.2) is 5.96 Å². The number of hydrogen-bond donors (Lipinski definition) is 2. The summed E-state index contributed by atoms with van der Waals surface area (Å²) < 4.78 is 5.33. The van der Waals surface area contributed by atoms with Crippen molar-refractivity contribution >= 4 is 29.9 Å². The van der Waals surface area contributed by atoms with Crippen LogP contribution < -0.4 is 15.4 Å². The predicted molar refractivity (Wildman–Crippen MR) is 99.5 cm³/mol. The molecule has 116 valence electrons. The molecular formula is C16H24IN3O. The van der Waals surface area contributed by atoms with Gasteiger partial charge in [0.1, 0.15) is 12.4 Å². The third-order valence-corrected chi connectivity index (χ3v) is 2.72. The van der Waals surface area contributed by atoms with Crippen molar-refractivity contribution in [1.29, 1.82) is 0 Å². The number of rotatable bonds is 7. The number of benzene rings is 1. The molecule has 0 aliphatic carbocycles. The molecule has 1 aromatic carbocycles. The van der Waals surface area contributed by atoms with Crippen LogP contribution in [-0.2, 0) is 6.42 Å². The van der Waals surface area contributed by atoms with Gasteiger partial charge in [-0.1, -0.05) is 25.0 Å². The predicted octanol–water partition coefficient (Wildman–Crippen LogP) is 2.43. The fraction of sp³-hybridized carbons (Fsp3) is 0.438. The van der Waals surface area contributed by atoms with E-state index in [1.165, 1.54) is 5.56 Å². The van der Waals surface area contributed by atoms with Crippen LogP contribution in [0.25, 0.3) is 0 Å². The lowest BCUT2D eigenvalue weighted by molar-refractivity contribution is 0.370. The van der Waals surface area contributed by atoms with Crippen molar-refractivity contribution < 1.29 is 4.74 Å². The van der Waals surface area contributed by atoms with E-state index in [1.807, 2.05) is 12.1 Å². The van der Waals surface area contributed by atoms with E-state index < -0.39 is 0 Å². The Morgan fingerprint density at radius 1 is 1.24 bits per heavy atom. The van der Waals surface area contributed by atoms with Crippen LogP contribution in [0.4, 0.5) is 0 Å². The van der Waals surface area contributed by atoms with Gasteiger partial charge in [-0.05, 0) is 30.5 Å². The van der Waals surface area contributed by atoms with Crippen molar-refractivity contribution in [3.05, 3.63) is 29.8 Å². The summed E-state index contributed by atoms with van der Waals surface area (Å²) in [6.07, 6.45) is 7.16. The standard InChI is InChI=1S/C16H23N3O.HI/c1-4-11-18-16(17-3)19-12-10-14-6-8-15(9-7-14)20-13-5-2;/h2,6-9H,4,10-13H2,1,3H3,(H2,17,18,19);1H. The molecule has 0 amide bonds. The van der Waals surface area contributed by atoms with Crippen molar-refractivity contribution in [2.75, 3.05) is 26.7 Å². The molecule has 5 heteroatoms. The van der Waals surface area contributed by atoms with Gasteiger partial charge in [0.05, 0.1) is 0 Å². The highest BCUT2D eigenvalue weighted by Gasteiger charge is 1.98. The molecular weight excluding hydrogens is 377 g/mol. The van der Waals surface area contributed by atoms with Gasteiger partial charge in [-0.15, -0.1) is 30.4 Å². The summed E-state index contributed by atoms with van der Waals surface area (Å²) in [5, 5.41) is 6.52. The summed E-state index contributed by atoms with van der Waals surface area (Å²) in [5.41, 5.74) is 1.25. The van der Waals surface area contributed by atoms with Gasteiger partial charge in [-0.3, -0.25) is 4.99 Å². The van der Waals surface area contributed by atoms with E-state index in [2.05, 4.69) is 40.6 Å². The highest BCUT2D eigenvalue weighted by Crippen LogP contribution is 2.12. The first-order chi connectivity index (χ1) is 9.80. The van der Waals surface area contributed by atoms with E-state index in [-0.39, 0.29) is 24.0 Å². The summed E-state index contributed by atoms with van der Waals surface area (Å²) in [5.74, 6) is 4.10. The minimum Gasteiger partial charge on any atom is -0.481 e. The van der Waals surface area contributed by atoms with E-state index in [0.29, 0.717) is 6.61 Å². The molecule has 0 fully saturated rings. The van der Waals surface area contributed by atoms with Crippen molar-refractivity contribution in [2.24, 2.45) is 4.99 Å². The van der Waals surface area contributed by atoms with Gasteiger partial charge >= 0.3 is 0 Å². The second-order valence-corrected chi connectivity index (χ2v) is 4.31. The smallest absolute Gasteiger partial charge is 0.190 e. The largest absolute Gasteiger partial charge is 0.481 e. The fourth-order valence-electron chi connectivity index (χ4n) is 1.67. The first kappa shape index (κ1) is 19.6. The number of guanidine groups is 1. The Kier molecular flexibility index (Phi) is 11.5. The molecule has 0 saturated heterocycles. The first-order valence-electron chi connectivity index (χ1n) is 6.89. The molecule has 0 aliphatic heterocycles. The van der Waals surface area contributed by atoms with Crippen LogP contribution in [0.15, 0.2) is 29.3 Å². The van der Waals surface area contributed by atoms with Gasteiger partial charge in [-0.25, -0.2) is 0 Å². The number of ether oxygens (including phenoxy) is 1. The average molecular weight is 401 g/mol. The van der Waals surface area contributed by atoms with Crippen LogP contribution in [0.5, 0.6) is 5.75 Å². The number of nitrogens with zero attached hydrogens (tertiary/aromatic N) is 1. The SMILES string of the molecule is C#CCOc1ccc(CCNC(=NC)NCCC)cc1.I. The summed E-state index contributed by atoms with van der Waals surface area (Å²) in [6, 6.07) is 7.99. The summed E-state index contributed by atoms with van der Waals surface area (Å²) in [4.78, 5) is 4.16. The van der Waals surface area contributed by atoms with Crippen molar-refractivity contribution in [1.82, 2.24) is 10.6 Å². The van der Waals surface area contributed by atoms with E-state index >= 15 is 0 Å². The molecule has 0 aliphatic rings. The van der Waals surface area contributed by atoms with Crippen LogP contribution in [0.3, 0.4) is 0 Å².